The largest absolute Gasteiger partial charge is 0.396 e. The number of rotatable bonds is 4. The van der Waals surface area contributed by atoms with Gasteiger partial charge in [-0.15, -0.1) is 0 Å². The normalized spacial score (nSPS) is 37.9. The first kappa shape index (κ1) is 12.3. The van der Waals surface area contributed by atoms with Crippen LogP contribution < -0.4 is 0 Å². The minimum atomic E-state index is -0.506. The molecule has 0 unspecified atom stereocenters. The van der Waals surface area contributed by atoms with Crippen molar-refractivity contribution < 1.29 is 14.6 Å². The number of fused-ring (bicyclic) bond motifs is 1. The lowest BCUT2D eigenvalue weighted by atomic mass is 10.1. The van der Waals surface area contributed by atoms with Crippen molar-refractivity contribution in [1.29, 1.82) is 0 Å². The van der Waals surface area contributed by atoms with Crippen LogP contribution in [0, 0.1) is 5.92 Å². The molecular weight excluding hydrogens is 206 g/mol. The van der Waals surface area contributed by atoms with Crippen LogP contribution in [0.1, 0.15) is 33.6 Å². The van der Waals surface area contributed by atoms with Gasteiger partial charge in [-0.05, 0) is 20.3 Å². The van der Waals surface area contributed by atoms with Gasteiger partial charge in [0.05, 0.1) is 0 Å². The number of unbranched alkanes of at least 4 members (excludes halogenated alkanes) is 1. The van der Waals surface area contributed by atoms with Crippen molar-refractivity contribution in [3.05, 3.63) is 0 Å². The van der Waals surface area contributed by atoms with E-state index < -0.39 is 5.79 Å². The van der Waals surface area contributed by atoms with Gasteiger partial charge in [-0.2, -0.15) is 0 Å². The molecule has 0 aromatic rings. The van der Waals surface area contributed by atoms with Gasteiger partial charge in [-0.25, -0.2) is 0 Å². The van der Waals surface area contributed by atoms with Gasteiger partial charge in [0.1, 0.15) is 12.3 Å². The lowest BCUT2D eigenvalue weighted by Crippen LogP contribution is -2.35. The molecule has 2 aliphatic rings. The SMILES string of the molecule is CCCCN1C[C@H](CO)[C@H]2OC(C)(C)O[C@@H]21. The van der Waals surface area contributed by atoms with Crippen LogP contribution in [0.5, 0.6) is 0 Å². The van der Waals surface area contributed by atoms with Crippen LogP contribution in [-0.4, -0.2) is 47.8 Å². The van der Waals surface area contributed by atoms with E-state index in [1.54, 1.807) is 0 Å². The Kier molecular flexibility index (Phi) is 3.54. The second kappa shape index (κ2) is 4.61. The first-order chi connectivity index (χ1) is 7.57. The summed E-state index contributed by atoms with van der Waals surface area (Å²) in [6, 6.07) is 0. The third-order valence-electron chi connectivity index (χ3n) is 3.43. The van der Waals surface area contributed by atoms with E-state index in [9.17, 15) is 5.11 Å². The molecule has 0 amide bonds. The average Bonchev–Trinajstić information content (AvgIpc) is 2.69. The molecule has 0 aliphatic carbocycles. The van der Waals surface area contributed by atoms with Gasteiger partial charge < -0.3 is 14.6 Å². The first-order valence-electron chi connectivity index (χ1n) is 6.28. The van der Waals surface area contributed by atoms with E-state index in [-0.39, 0.29) is 24.9 Å². The molecule has 2 saturated heterocycles. The molecule has 2 heterocycles. The molecule has 2 aliphatic heterocycles. The number of hydrogen-bond donors (Lipinski definition) is 1. The second-order valence-electron chi connectivity index (χ2n) is 5.28. The maximum atomic E-state index is 9.36. The summed E-state index contributed by atoms with van der Waals surface area (Å²) in [5, 5.41) is 9.36. The van der Waals surface area contributed by atoms with Crippen molar-refractivity contribution in [1.82, 2.24) is 4.90 Å². The van der Waals surface area contributed by atoms with E-state index in [0.717, 1.165) is 13.1 Å². The summed E-state index contributed by atoms with van der Waals surface area (Å²) in [5.74, 6) is -0.309. The highest BCUT2D eigenvalue weighted by atomic mass is 16.8. The Balaban J connectivity index is 2.02. The summed E-state index contributed by atoms with van der Waals surface area (Å²) in [4.78, 5) is 2.31. The zero-order valence-electron chi connectivity index (χ0n) is 10.5. The van der Waals surface area contributed by atoms with Crippen molar-refractivity contribution >= 4 is 0 Å². The van der Waals surface area contributed by atoms with Gasteiger partial charge >= 0.3 is 0 Å². The molecule has 0 spiro atoms. The van der Waals surface area contributed by atoms with Crippen molar-refractivity contribution in [3.63, 3.8) is 0 Å². The second-order valence-corrected chi connectivity index (χ2v) is 5.28. The molecule has 4 nitrogen and oxygen atoms in total. The maximum Gasteiger partial charge on any atom is 0.165 e. The number of hydrogen-bond acceptors (Lipinski definition) is 4. The number of aliphatic hydroxyl groups is 1. The van der Waals surface area contributed by atoms with E-state index in [0.29, 0.717) is 0 Å². The molecule has 0 saturated carbocycles. The minimum absolute atomic E-state index is 0.0388. The molecule has 0 aromatic heterocycles. The number of aliphatic hydroxyl groups excluding tert-OH is 1. The van der Waals surface area contributed by atoms with Crippen LogP contribution in [0.4, 0.5) is 0 Å². The summed E-state index contributed by atoms with van der Waals surface area (Å²) in [5.41, 5.74) is 0. The molecule has 0 aromatic carbocycles. The number of nitrogens with zero attached hydrogens (tertiary/aromatic N) is 1. The molecule has 0 bridgehead atoms. The van der Waals surface area contributed by atoms with Crippen LogP contribution in [0.2, 0.25) is 0 Å². The van der Waals surface area contributed by atoms with E-state index in [4.69, 9.17) is 9.47 Å². The fourth-order valence-corrected chi connectivity index (χ4v) is 2.63. The van der Waals surface area contributed by atoms with E-state index >= 15 is 0 Å². The highest BCUT2D eigenvalue weighted by molar-refractivity contribution is 4.94. The van der Waals surface area contributed by atoms with Gasteiger partial charge in [0.25, 0.3) is 0 Å². The van der Waals surface area contributed by atoms with Gasteiger partial charge in [0.15, 0.2) is 5.79 Å². The van der Waals surface area contributed by atoms with Crippen LogP contribution in [0.15, 0.2) is 0 Å². The van der Waals surface area contributed by atoms with Gasteiger partial charge in [-0.1, -0.05) is 13.3 Å². The molecule has 3 atom stereocenters. The standard InChI is InChI=1S/C12H23NO3/c1-4-5-6-13-7-9(8-14)10-11(13)16-12(2,3)15-10/h9-11,14H,4-8H2,1-3H3/t9-,10-,11+/m1/s1. The van der Waals surface area contributed by atoms with E-state index in [1.165, 1.54) is 12.8 Å². The van der Waals surface area contributed by atoms with Crippen molar-refractivity contribution in [2.24, 2.45) is 5.92 Å². The minimum Gasteiger partial charge on any atom is -0.396 e. The number of ether oxygens (including phenoxy) is 2. The summed E-state index contributed by atoms with van der Waals surface area (Å²) < 4.78 is 11.8. The molecule has 2 fully saturated rings. The average molecular weight is 229 g/mol. The molecule has 4 heteroatoms. The zero-order valence-corrected chi connectivity index (χ0v) is 10.5. The van der Waals surface area contributed by atoms with Gasteiger partial charge in [0.2, 0.25) is 0 Å². The van der Waals surface area contributed by atoms with Crippen LogP contribution in [0.3, 0.4) is 0 Å². The van der Waals surface area contributed by atoms with Crippen LogP contribution in [-0.2, 0) is 9.47 Å². The Hall–Kier alpha value is -0.160. The fourth-order valence-electron chi connectivity index (χ4n) is 2.63. The highest BCUT2D eigenvalue weighted by Crippen LogP contribution is 2.38. The first-order valence-corrected chi connectivity index (χ1v) is 6.28. The molecule has 2 rings (SSSR count). The molecule has 1 N–H and O–H groups in total. The lowest BCUT2D eigenvalue weighted by molar-refractivity contribution is -0.173. The fraction of sp³-hybridized carbons (Fsp3) is 1.00. The summed E-state index contributed by atoms with van der Waals surface area (Å²) in [7, 11) is 0. The number of likely N-dealkylation sites (tertiary alicyclic amines) is 1. The Bertz CT molecular complexity index is 244. The Labute approximate surface area is 97.5 Å². The van der Waals surface area contributed by atoms with Crippen molar-refractivity contribution in [2.75, 3.05) is 19.7 Å². The Morgan fingerprint density at radius 2 is 2.12 bits per heavy atom. The summed E-state index contributed by atoms with van der Waals surface area (Å²) >= 11 is 0. The highest BCUT2D eigenvalue weighted by Gasteiger charge is 2.52. The third kappa shape index (κ3) is 2.25. The predicted octanol–water partition coefficient (Wildman–Crippen LogP) is 1.19. The zero-order chi connectivity index (χ0) is 11.8. The smallest absolute Gasteiger partial charge is 0.165 e. The molecule has 94 valence electrons. The monoisotopic (exact) mass is 229 g/mol. The van der Waals surface area contributed by atoms with Gasteiger partial charge in [-0.3, -0.25) is 4.90 Å². The lowest BCUT2D eigenvalue weighted by Gasteiger charge is -2.25. The topological polar surface area (TPSA) is 41.9 Å². The van der Waals surface area contributed by atoms with Crippen molar-refractivity contribution in [3.8, 4) is 0 Å². The molecular formula is C12H23NO3. The predicted molar refractivity (Wildman–Crippen MR) is 60.9 cm³/mol. The summed E-state index contributed by atoms with van der Waals surface area (Å²) in [6.45, 7) is 8.18. The van der Waals surface area contributed by atoms with Gasteiger partial charge in [0, 0.05) is 25.6 Å². The Morgan fingerprint density at radius 1 is 1.38 bits per heavy atom. The summed E-state index contributed by atoms with van der Waals surface area (Å²) in [6.07, 6.45) is 2.43. The van der Waals surface area contributed by atoms with E-state index in [2.05, 4.69) is 11.8 Å². The maximum absolute atomic E-state index is 9.36. The molecule has 0 radical (unpaired) electrons. The van der Waals surface area contributed by atoms with Crippen molar-refractivity contribution in [2.45, 2.75) is 51.7 Å². The molecule has 16 heavy (non-hydrogen) atoms. The third-order valence-corrected chi connectivity index (χ3v) is 3.43. The Morgan fingerprint density at radius 3 is 2.75 bits per heavy atom. The van der Waals surface area contributed by atoms with Crippen LogP contribution in [0.25, 0.3) is 0 Å². The quantitative estimate of drug-likeness (QED) is 0.786. The van der Waals surface area contributed by atoms with Crippen LogP contribution >= 0.6 is 0 Å². The van der Waals surface area contributed by atoms with E-state index in [1.807, 2.05) is 13.8 Å².